The van der Waals surface area contributed by atoms with Gasteiger partial charge in [0.15, 0.2) is 0 Å². The summed E-state index contributed by atoms with van der Waals surface area (Å²) in [4.78, 5) is 11.5. The first-order valence-corrected chi connectivity index (χ1v) is 10.7. The third-order valence-corrected chi connectivity index (χ3v) is 5.60. The van der Waals surface area contributed by atoms with Crippen LogP contribution in [0.15, 0.2) is 42.7 Å². The molecule has 0 bridgehead atoms. The number of anilines is 1. The highest BCUT2D eigenvalue weighted by Gasteiger charge is 2.31. The molecule has 0 saturated carbocycles. The Morgan fingerprint density at radius 3 is 2.58 bits per heavy atom. The van der Waals surface area contributed by atoms with Crippen molar-refractivity contribution in [3.05, 3.63) is 59.4 Å². The van der Waals surface area contributed by atoms with E-state index in [1.165, 1.54) is 35.1 Å². The van der Waals surface area contributed by atoms with Gasteiger partial charge in [0.2, 0.25) is 10.0 Å². The summed E-state index contributed by atoms with van der Waals surface area (Å²) < 4.78 is 70.6. The molecular formula is C19H19F3N4O4S. The molecule has 0 fully saturated rings. The molecule has 3 N–H and O–H groups in total. The Morgan fingerprint density at radius 1 is 1.26 bits per heavy atom. The van der Waals surface area contributed by atoms with Crippen molar-refractivity contribution in [2.75, 3.05) is 4.72 Å². The van der Waals surface area contributed by atoms with Crippen molar-refractivity contribution in [2.45, 2.75) is 31.9 Å². The van der Waals surface area contributed by atoms with Crippen molar-refractivity contribution >= 4 is 27.1 Å². The number of fused-ring (bicyclic) bond motifs is 1. The smallest absolute Gasteiger partial charge is 0.406 e. The van der Waals surface area contributed by atoms with E-state index in [1.807, 2.05) is 0 Å². The van der Waals surface area contributed by atoms with Crippen molar-refractivity contribution < 1.29 is 31.1 Å². The summed E-state index contributed by atoms with van der Waals surface area (Å²) in [5.41, 5.74) is 6.65. The standard InChI is InChI=1S/C19H19F3N4O4S/c1-11(2)14-8-13(30-19(20,21)22)3-4-16(14)25-31(28,29)10-12-5-6-26-17(7-12)15(9-24-26)18(23)27/h3-9,11,25H,10H2,1-2H3,(H2,23,27). The lowest BCUT2D eigenvalue weighted by atomic mass is 10.0. The van der Waals surface area contributed by atoms with E-state index < -0.39 is 33.8 Å². The summed E-state index contributed by atoms with van der Waals surface area (Å²) in [6.07, 6.45) is -2.07. The predicted molar refractivity (Wildman–Crippen MR) is 107 cm³/mol. The summed E-state index contributed by atoms with van der Waals surface area (Å²) in [6, 6.07) is 6.41. The zero-order chi connectivity index (χ0) is 23.0. The molecule has 2 aromatic heterocycles. The van der Waals surface area contributed by atoms with Crippen LogP contribution in [-0.4, -0.2) is 30.3 Å². The number of benzene rings is 1. The number of rotatable bonds is 7. The maximum Gasteiger partial charge on any atom is 0.573 e. The molecule has 3 aromatic rings. The minimum Gasteiger partial charge on any atom is -0.406 e. The van der Waals surface area contributed by atoms with Crippen LogP contribution < -0.4 is 15.2 Å². The number of primary amides is 1. The molecule has 1 aromatic carbocycles. The maximum absolute atomic E-state index is 12.7. The highest BCUT2D eigenvalue weighted by molar-refractivity contribution is 7.91. The Kier molecular flexibility index (Phi) is 5.85. The minimum atomic E-state index is -4.86. The van der Waals surface area contributed by atoms with Crippen LogP contribution in [0.4, 0.5) is 18.9 Å². The van der Waals surface area contributed by atoms with Crippen LogP contribution in [0, 0.1) is 0 Å². The predicted octanol–water partition coefficient (Wildman–Crippen LogP) is 3.40. The first kappa shape index (κ1) is 22.4. The normalized spacial score (nSPS) is 12.3. The van der Waals surface area contributed by atoms with Gasteiger partial charge in [-0.3, -0.25) is 9.52 Å². The molecule has 0 saturated heterocycles. The zero-order valence-corrected chi connectivity index (χ0v) is 17.3. The molecule has 0 radical (unpaired) electrons. The molecule has 3 rings (SSSR count). The lowest BCUT2D eigenvalue weighted by Crippen LogP contribution is -2.19. The molecule has 31 heavy (non-hydrogen) atoms. The molecule has 166 valence electrons. The zero-order valence-electron chi connectivity index (χ0n) is 16.5. The van der Waals surface area contributed by atoms with Crippen molar-refractivity contribution in [1.82, 2.24) is 9.61 Å². The number of nitrogens with two attached hydrogens (primary N) is 1. The fourth-order valence-electron chi connectivity index (χ4n) is 3.04. The van der Waals surface area contributed by atoms with Gasteiger partial charge in [0, 0.05) is 6.20 Å². The van der Waals surface area contributed by atoms with E-state index in [-0.39, 0.29) is 17.2 Å². The fraction of sp³-hybridized carbons (Fsp3) is 0.263. The number of sulfonamides is 1. The molecule has 12 heteroatoms. The maximum atomic E-state index is 12.7. The number of hydrogen-bond acceptors (Lipinski definition) is 5. The summed E-state index contributed by atoms with van der Waals surface area (Å²) in [5, 5.41) is 3.97. The van der Waals surface area contributed by atoms with Gasteiger partial charge in [0.25, 0.3) is 5.91 Å². The molecule has 0 unspecified atom stereocenters. The molecule has 0 atom stereocenters. The largest absolute Gasteiger partial charge is 0.573 e. The van der Waals surface area contributed by atoms with Crippen LogP contribution in [0.2, 0.25) is 0 Å². The third-order valence-electron chi connectivity index (χ3n) is 4.35. The van der Waals surface area contributed by atoms with Gasteiger partial charge in [-0.2, -0.15) is 5.10 Å². The Bertz CT molecular complexity index is 1240. The molecular weight excluding hydrogens is 437 g/mol. The Hall–Kier alpha value is -3.28. The molecule has 0 spiro atoms. The number of carbonyl (C=O) groups excluding carboxylic acids is 1. The third kappa shape index (κ3) is 5.45. The van der Waals surface area contributed by atoms with Crippen LogP contribution in [0.1, 0.15) is 41.3 Å². The summed E-state index contributed by atoms with van der Waals surface area (Å²) in [7, 11) is -3.94. The number of ether oxygens (including phenoxy) is 1. The van der Waals surface area contributed by atoms with Gasteiger partial charge in [0.05, 0.1) is 28.7 Å². The van der Waals surface area contributed by atoms with Crippen molar-refractivity contribution in [3.8, 4) is 5.75 Å². The number of nitrogens with one attached hydrogen (secondary N) is 1. The van der Waals surface area contributed by atoms with Crippen molar-refractivity contribution in [3.63, 3.8) is 0 Å². The molecule has 2 heterocycles. The second kappa shape index (κ2) is 8.10. The number of amides is 1. The molecule has 1 amide bonds. The number of carbonyl (C=O) groups is 1. The summed E-state index contributed by atoms with van der Waals surface area (Å²) >= 11 is 0. The number of pyridine rings is 1. The van der Waals surface area contributed by atoms with Crippen LogP contribution in [0.5, 0.6) is 5.75 Å². The number of nitrogens with zero attached hydrogens (tertiary/aromatic N) is 2. The first-order valence-electron chi connectivity index (χ1n) is 9.01. The minimum absolute atomic E-state index is 0.146. The van der Waals surface area contributed by atoms with Crippen LogP contribution in [-0.2, 0) is 15.8 Å². The van der Waals surface area contributed by atoms with Gasteiger partial charge in [0.1, 0.15) is 5.75 Å². The quantitative estimate of drug-likeness (QED) is 0.565. The Labute approximate surface area is 175 Å². The average molecular weight is 456 g/mol. The van der Waals surface area contributed by atoms with E-state index in [0.717, 1.165) is 12.1 Å². The van der Waals surface area contributed by atoms with Crippen LogP contribution >= 0.6 is 0 Å². The van der Waals surface area contributed by atoms with E-state index in [1.54, 1.807) is 13.8 Å². The Morgan fingerprint density at radius 2 is 1.97 bits per heavy atom. The van der Waals surface area contributed by atoms with E-state index in [9.17, 15) is 26.4 Å². The topological polar surface area (TPSA) is 116 Å². The van der Waals surface area contributed by atoms with E-state index >= 15 is 0 Å². The van der Waals surface area contributed by atoms with Crippen molar-refractivity contribution in [2.24, 2.45) is 5.73 Å². The van der Waals surface area contributed by atoms with Gasteiger partial charge < -0.3 is 10.5 Å². The van der Waals surface area contributed by atoms with Crippen LogP contribution in [0.3, 0.4) is 0 Å². The summed E-state index contributed by atoms with van der Waals surface area (Å²) in [5.74, 6) is -1.86. The van der Waals surface area contributed by atoms with Gasteiger partial charge in [-0.15, -0.1) is 13.2 Å². The molecule has 0 aliphatic rings. The molecule has 0 aliphatic carbocycles. The monoisotopic (exact) mass is 456 g/mol. The van der Waals surface area contributed by atoms with E-state index in [2.05, 4.69) is 14.6 Å². The highest BCUT2D eigenvalue weighted by Crippen LogP contribution is 2.32. The van der Waals surface area contributed by atoms with E-state index in [0.29, 0.717) is 16.6 Å². The first-order chi connectivity index (χ1) is 14.3. The number of alkyl halides is 3. The number of aromatic nitrogens is 2. The lowest BCUT2D eigenvalue weighted by Gasteiger charge is -2.17. The van der Waals surface area contributed by atoms with Gasteiger partial charge in [-0.1, -0.05) is 13.8 Å². The SMILES string of the molecule is CC(C)c1cc(OC(F)(F)F)ccc1NS(=O)(=O)Cc1ccn2ncc(C(N)=O)c2c1. The fourth-order valence-corrected chi connectivity index (χ4v) is 4.25. The second-order valence-corrected chi connectivity index (χ2v) is 8.82. The lowest BCUT2D eigenvalue weighted by molar-refractivity contribution is -0.274. The Balaban J connectivity index is 1.87. The van der Waals surface area contributed by atoms with Gasteiger partial charge in [-0.05, 0) is 47.4 Å². The van der Waals surface area contributed by atoms with Gasteiger partial charge in [-0.25, -0.2) is 12.9 Å². The van der Waals surface area contributed by atoms with Crippen LogP contribution in [0.25, 0.3) is 5.52 Å². The number of halogens is 3. The number of hydrogen-bond donors (Lipinski definition) is 2. The average Bonchev–Trinajstić information content (AvgIpc) is 3.04. The molecule has 8 nitrogen and oxygen atoms in total. The molecule has 0 aliphatic heterocycles. The summed E-state index contributed by atoms with van der Waals surface area (Å²) in [6.45, 7) is 3.42. The van der Waals surface area contributed by atoms with Crippen molar-refractivity contribution in [1.29, 1.82) is 0 Å². The van der Waals surface area contributed by atoms with E-state index in [4.69, 9.17) is 5.73 Å². The van der Waals surface area contributed by atoms with Gasteiger partial charge >= 0.3 is 6.36 Å². The second-order valence-electron chi connectivity index (χ2n) is 7.10. The highest BCUT2D eigenvalue weighted by atomic mass is 32.2.